The van der Waals surface area contributed by atoms with E-state index in [0.29, 0.717) is 11.3 Å². The summed E-state index contributed by atoms with van der Waals surface area (Å²) in [4.78, 5) is 17.0. The summed E-state index contributed by atoms with van der Waals surface area (Å²) < 4.78 is 1.76. The fraction of sp³-hybridized carbons (Fsp3) is 0.0500. The van der Waals surface area contributed by atoms with Crippen molar-refractivity contribution in [2.24, 2.45) is 0 Å². The van der Waals surface area contributed by atoms with E-state index in [1.807, 2.05) is 67.6 Å². The number of pyridine rings is 1. The van der Waals surface area contributed by atoms with Gasteiger partial charge in [0.2, 0.25) is 0 Å². The summed E-state index contributed by atoms with van der Waals surface area (Å²) in [5.41, 5.74) is 3.81. The van der Waals surface area contributed by atoms with Crippen molar-refractivity contribution in [3.63, 3.8) is 0 Å². The highest BCUT2D eigenvalue weighted by Gasteiger charge is 2.15. The lowest BCUT2D eigenvalue weighted by Crippen LogP contribution is -2.13. The Labute approximate surface area is 144 Å². The molecule has 2 aromatic heterocycles. The van der Waals surface area contributed by atoms with Gasteiger partial charge in [-0.1, -0.05) is 36.4 Å². The molecule has 0 unspecified atom stereocenters. The zero-order valence-electron chi connectivity index (χ0n) is 13.7. The number of rotatable bonds is 3. The van der Waals surface area contributed by atoms with Gasteiger partial charge in [0.15, 0.2) is 0 Å². The number of amides is 1. The van der Waals surface area contributed by atoms with Crippen molar-refractivity contribution in [2.45, 2.75) is 6.92 Å². The number of para-hydroxylation sites is 2. The Morgan fingerprint density at radius 3 is 2.60 bits per heavy atom. The Bertz CT molecular complexity index is 1050. The van der Waals surface area contributed by atoms with E-state index < -0.39 is 0 Å². The highest BCUT2D eigenvalue weighted by molar-refractivity contribution is 6.05. The molecular weight excluding hydrogens is 312 g/mol. The molecule has 2 heterocycles. The summed E-state index contributed by atoms with van der Waals surface area (Å²) in [5.74, 6) is -0.197. The number of nitrogens with zero attached hydrogens (tertiary/aromatic N) is 3. The van der Waals surface area contributed by atoms with E-state index in [-0.39, 0.29) is 5.91 Å². The fourth-order valence-corrected chi connectivity index (χ4v) is 2.80. The van der Waals surface area contributed by atoms with Gasteiger partial charge < -0.3 is 5.32 Å². The molecular formula is C20H16N4O. The van der Waals surface area contributed by atoms with Gasteiger partial charge in [-0.25, -0.2) is 4.68 Å². The molecule has 5 heteroatoms. The lowest BCUT2D eigenvalue weighted by atomic mass is 10.2. The molecule has 0 fully saturated rings. The predicted molar refractivity (Wildman–Crippen MR) is 98.0 cm³/mol. The van der Waals surface area contributed by atoms with Crippen LogP contribution in [-0.2, 0) is 0 Å². The summed E-state index contributed by atoms with van der Waals surface area (Å²) >= 11 is 0. The van der Waals surface area contributed by atoms with Crippen LogP contribution in [-0.4, -0.2) is 20.7 Å². The van der Waals surface area contributed by atoms with Crippen LogP contribution in [0.25, 0.3) is 16.6 Å². The SMILES string of the molecule is Cc1c(C(=O)Nc2cnc3ccccc3c2)cnn1-c1ccccc1. The Balaban J connectivity index is 1.61. The Hall–Kier alpha value is -3.47. The lowest BCUT2D eigenvalue weighted by Gasteiger charge is -2.07. The van der Waals surface area contributed by atoms with Crippen molar-refractivity contribution in [3.05, 3.63) is 84.3 Å². The second kappa shape index (κ2) is 6.20. The number of benzene rings is 2. The first-order valence-electron chi connectivity index (χ1n) is 7.98. The van der Waals surface area contributed by atoms with Gasteiger partial charge in [-0.2, -0.15) is 5.10 Å². The van der Waals surface area contributed by atoms with Gasteiger partial charge in [-0.05, 0) is 31.2 Å². The van der Waals surface area contributed by atoms with Crippen molar-refractivity contribution in [2.75, 3.05) is 5.32 Å². The van der Waals surface area contributed by atoms with Crippen LogP contribution in [0, 0.1) is 6.92 Å². The minimum atomic E-state index is -0.197. The molecule has 122 valence electrons. The average molecular weight is 328 g/mol. The second-order valence-electron chi connectivity index (χ2n) is 5.76. The molecule has 0 saturated heterocycles. The molecule has 0 aliphatic rings. The Morgan fingerprint density at radius 2 is 1.76 bits per heavy atom. The summed E-state index contributed by atoms with van der Waals surface area (Å²) in [6.45, 7) is 1.88. The van der Waals surface area contributed by atoms with Gasteiger partial charge in [-0.15, -0.1) is 0 Å². The molecule has 0 saturated carbocycles. The Morgan fingerprint density at radius 1 is 1.00 bits per heavy atom. The minimum Gasteiger partial charge on any atom is -0.320 e. The third kappa shape index (κ3) is 2.87. The Kier molecular flexibility index (Phi) is 3.74. The van der Waals surface area contributed by atoms with Gasteiger partial charge in [0, 0.05) is 5.39 Å². The maximum Gasteiger partial charge on any atom is 0.259 e. The number of carbonyl (C=O) groups excluding carboxylic acids is 1. The molecule has 1 amide bonds. The summed E-state index contributed by atoms with van der Waals surface area (Å²) in [5, 5.41) is 8.22. The topological polar surface area (TPSA) is 59.8 Å². The first-order valence-corrected chi connectivity index (χ1v) is 7.98. The third-order valence-electron chi connectivity index (χ3n) is 4.10. The third-order valence-corrected chi connectivity index (χ3v) is 4.10. The molecule has 5 nitrogen and oxygen atoms in total. The van der Waals surface area contributed by atoms with E-state index >= 15 is 0 Å². The van der Waals surface area contributed by atoms with Gasteiger partial charge in [-0.3, -0.25) is 9.78 Å². The molecule has 0 aliphatic carbocycles. The van der Waals surface area contributed by atoms with Crippen molar-refractivity contribution < 1.29 is 4.79 Å². The molecule has 4 rings (SSSR count). The fourth-order valence-electron chi connectivity index (χ4n) is 2.80. The highest BCUT2D eigenvalue weighted by atomic mass is 16.1. The smallest absolute Gasteiger partial charge is 0.259 e. The molecule has 0 atom stereocenters. The normalized spacial score (nSPS) is 10.8. The summed E-state index contributed by atoms with van der Waals surface area (Å²) in [6, 6.07) is 19.4. The molecule has 1 N–H and O–H groups in total. The number of hydrogen-bond donors (Lipinski definition) is 1. The lowest BCUT2D eigenvalue weighted by molar-refractivity contribution is 0.102. The van der Waals surface area contributed by atoms with E-state index in [1.54, 1.807) is 17.1 Å². The van der Waals surface area contributed by atoms with Gasteiger partial charge in [0.05, 0.1) is 40.5 Å². The quantitative estimate of drug-likeness (QED) is 0.619. The van der Waals surface area contributed by atoms with Crippen LogP contribution in [0.15, 0.2) is 73.1 Å². The van der Waals surface area contributed by atoms with E-state index in [2.05, 4.69) is 15.4 Å². The van der Waals surface area contributed by atoms with Crippen molar-refractivity contribution in [1.29, 1.82) is 0 Å². The van der Waals surface area contributed by atoms with Crippen LogP contribution in [0.1, 0.15) is 16.1 Å². The molecule has 2 aromatic carbocycles. The highest BCUT2D eigenvalue weighted by Crippen LogP contribution is 2.18. The molecule has 0 radical (unpaired) electrons. The van der Waals surface area contributed by atoms with E-state index in [9.17, 15) is 4.79 Å². The molecule has 25 heavy (non-hydrogen) atoms. The molecule has 0 spiro atoms. The number of nitrogens with one attached hydrogen (secondary N) is 1. The monoisotopic (exact) mass is 328 g/mol. The van der Waals surface area contributed by atoms with E-state index in [1.165, 1.54) is 0 Å². The standard InChI is InChI=1S/C20H16N4O/c1-14-18(13-22-24(14)17-8-3-2-4-9-17)20(25)23-16-11-15-7-5-6-10-19(15)21-12-16/h2-13H,1H3,(H,23,25). The van der Waals surface area contributed by atoms with Gasteiger partial charge in [0.1, 0.15) is 0 Å². The van der Waals surface area contributed by atoms with E-state index in [4.69, 9.17) is 0 Å². The predicted octanol–water partition coefficient (Wildman–Crippen LogP) is 3.98. The van der Waals surface area contributed by atoms with Gasteiger partial charge in [0.25, 0.3) is 5.91 Å². The largest absolute Gasteiger partial charge is 0.320 e. The zero-order chi connectivity index (χ0) is 17.2. The maximum absolute atomic E-state index is 12.6. The average Bonchev–Trinajstić information content (AvgIpc) is 3.04. The zero-order valence-corrected chi connectivity index (χ0v) is 13.7. The van der Waals surface area contributed by atoms with Crippen LogP contribution in [0.3, 0.4) is 0 Å². The van der Waals surface area contributed by atoms with Crippen molar-refractivity contribution in [1.82, 2.24) is 14.8 Å². The van der Waals surface area contributed by atoms with Crippen molar-refractivity contribution >= 4 is 22.5 Å². The maximum atomic E-state index is 12.6. The number of carbonyl (C=O) groups is 1. The van der Waals surface area contributed by atoms with Gasteiger partial charge >= 0.3 is 0 Å². The number of anilines is 1. The van der Waals surface area contributed by atoms with Crippen LogP contribution in [0.4, 0.5) is 5.69 Å². The number of hydrogen-bond acceptors (Lipinski definition) is 3. The second-order valence-corrected chi connectivity index (χ2v) is 5.76. The molecule has 0 bridgehead atoms. The number of fused-ring (bicyclic) bond motifs is 1. The van der Waals surface area contributed by atoms with Crippen LogP contribution in [0.5, 0.6) is 0 Å². The first-order chi connectivity index (χ1) is 12.2. The molecule has 0 aliphatic heterocycles. The van der Waals surface area contributed by atoms with Crippen LogP contribution >= 0.6 is 0 Å². The number of aromatic nitrogens is 3. The summed E-state index contributed by atoms with van der Waals surface area (Å²) in [7, 11) is 0. The minimum absolute atomic E-state index is 0.197. The summed E-state index contributed by atoms with van der Waals surface area (Å²) in [6.07, 6.45) is 3.25. The van der Waals surface area contributed by atoms with Crippen LogP contribution < -0.4 is 5.32 Å². The first kappa shape index (κ1) is 15.1. The van der Waals surface area contributed by atoms with Crippen LogP contribution in [0.2, 0.25) is 0 Å². The molecule has 4 aromatic rings. The van der Waals surface area contributed by atoms with E-state index in [0.717, 1.165) is 22.3 Å². The van der Waals surface area contributed by atoms with Crippen molar-refractivity contribution in [3.8, 4) is 5.69 Å².